The van der Waals surface area contributed by atoms with Crippen molar-refractivity contribution in [2.24, 2.45) is 10.8 Å². The number of aliphatic carboxylic acids is 1. The third kappa shape index (κ3) is 10.7. The fourth-order valence-electron chi connectivity index (χ4n) is 2.02. The number of rotatable bonds is 9. The van der Waals surface area contributed by atoms with Gasteiger partial charge >= 0.3 is 5.97 Å². The maximum Gasteiger partial charge on any atom is 0.331 e. The molecule has 0 aromatic carbocycles. The van der Waals surface area contributed by atoms with Crippen LogP contribution in [0.5, 0.6) is 0 Å². The van der Waals surface area contributed by atoms with Gasteiger partial charge in [-0.05, 0) is 18.8 Å². The van der Waals surface area contributed by atoms with Gasteiger partial charge in [-0.1, -0.05) is 41.5 Å². The zero-order chi connectivity index (χ0) is 22.1. The lowest BCUT2D eigenvalue weighted by atomic mass is 9.96. The smallest absolute Gasteiger partial charge is 0.331 e. The summed E-state index contributed by atoms with van der Waals surface area (Å²) in [6.45, 7) is 13.5. The van der Waals surface area contributed by atoms with E-state index >= 15 is 0 Å². The highest BCUT2D eigenvalue weighted by Gasteiger charge is 2.21. The third-order valence-corrected chi connectivity index (χ3v) is 3.84. The lowest BCUT2D eigenvalue weighted by molar-refractivity contribution is -0.133. The van der Waals surface area contributed by atoms with Crippen LogP contribution in [0.3, 0.4) is 0 Å². The normalized spacial score (nSPS) is 12.7. The predicted molar refractivity (Wildman–Crippen MR) is 108 cm³/mol. The average Bonchev–Trinajstić information content (AvgIpc) is 2.54. The number of amides is 3. The van der Waals surface area contributed by atoms with Crippen molar-refractivity contribution in [3.8, 4) is 0 Å². The second-order valence-corrected chi connectivity index (χ2v) is 9.01. The summed E-state index contributed by atoms with van der Waals surface area (Å²) >= 11 is 0. The molecule has 0 atom stereocenters. The molecule has 4 N–H and O–H groups in total. The molecule has 0 aliphatic rings. The third-order valence-electron chi connectivity index (χ3n) is 3.84. The Labute approximate surface area is 167 Å². The first-order chi connectivity index (χ1) is 12.6. The second kappa shape index (κ2) is 10.8. The molecule has 8 heteroatoms. The van der Waals surface area contributed by atoms with Gasteiger partial charge in [0.1, 0.15) is 0 Å². The molecule has 0 unspecified atom stereocenters. The van der Waals surface area contributed by atoms with Gasteiger partial charge in [0, 0.05) is 42.6 Å². The van der Waals surface area contributed by atoms with Crippen molar-refractivity contribution in [3.05, 3.63) is 11.1 Å². The van der Waals surface area contributed by atoms with Gasteiger partial charge in [-0.2, -0.15) is 0 Å². The number of carbonyl (C=O) groups is 4. The molecule has 0 aromatic rings. The number of hydrogen-bond acceptors (Lipinski definition) is 4. The highest BCUT2D eigenvalue weighted by molar-refractivity contribution is 6.02. The Hall–Kier alpha value is -2.38. The molecule has 0 heterocycles. The van der Waals surface area contributed by atoms with Crippen molar-refractivity contribution in [1.82, 2.24) is 16.0 Å². The van der Waals surface area contributed by atoms with Crippen LogP contribution in [-0.2, 0) is 19.2 Å². The number of carboxylic acids is 1. The van der Waals surface area contributed by atoms with Gasteiger partial charge in [-0.3, -0.25) is 14.4 Å². The van der Waals surface area contributed by atoms with E-state index in [0.717, 1.165) is 0 Å². The van der Waals surface area contributed by atoms with Crippen LogP contribution < -0.4 is 16.0 Å². The molecule has 8 nitrogen and oxygen atoms in total. The summed E-state index contributed by atoms with van der Waals surface area (Å²) in [5.41, 5.74) is -0.629. The minimum absolute atomic E-state index is 0.0177. The number of nitrogens with one attached hydrogen (secondary N) is 3. The van der Waals surface area contributed by atoms with Crippen LogP contribution in [0.15, 0.2) is 11.1 Å². The molecule has 3 amide bonds. The predicted octanol–water partition coefficient (Wildman–Crippen LogP) is 1.61. The minimum Gasteiger partial charge on any atom is -0.478 e. The van der Waals surface area contributed by atoms with Crippen molar-refractivity contribution < 1.29 is 24.3 Å². The maximum absolute atomic E-state index is 12.4. The molecule has 0 radical (unpaired) electrons. The molecule has 160 valence electrons. The first-order valence-corrected chi connectivity index (χ1v) is 9.41. The lowest BCUT2D eigenvalue weighted by Crippen LogP contribution is -2.40. The summed E-state index contributed by atoms with van der Waals surface area (Å²) in [5.74, 6) is -2.09. The first-order valence-electron chi connectivity index (χ1n) is 9.41. The SMILES string of the molecule is C/C(C(=O)O)=C(\CCC(=O)NCCNC(=O)C(C)(C)C)C(=O)NCC(C)(C)C. The van der Waals surface area contributed by atoms with Gasteiger partial charge in [0.15, 0.2) is 0 Å². The first kappa shape index (κ1) is 25.6. The molecule has 0 saturated heterocycles. The van der Waals surface area contributed by atoms with E-state index in [1.807, 2.05) is 20.8 Å². The van der Waals surface area contributed by atoms with Crippen molar-refractivity contribution in [3.63, 3.8) is 0 Å². The topological polar surface area (TPSA) is 125 Å². The van der Waals surface area contributed by atoms with Crippen molar-refractivity contribution in [2.45, 2.75) is 61.3 Å². The van der Waals surface area contributed by atoms with Gasteiger partial charge in [-0.25, -0.2) is 4.79 Å². The molecule has 0 fully saturated rings. The Kier molecular flexibility index (Phi) is 9.91. The minimum atomic E-state index is -1.19. The van der Waals surface area contributed by atoms with Crippen molar-refractivity contribution in [1.29, 1.82) is 0 Å². The molecule has 0 saturated carbocycles. The molecule has 0 aliphatic carbocycles. The molecule has 28 heavy (non-hydrogen) atoms. The average molecular weight is 398 g/mol. The summed E-state index contributed by atoms with van der Waals surface area (Å²) in [4.78, 5) is 47.4. The van der Waals surface area contributed by atoms with E-state index in [0.29, 0.717) is 13.1 Å². The van der Waals surface area contributed by atoms with Crippen molar-refractivity contribution in [2.75, 3.05) is 19.6 Å². The Morgan fingerprint density at radius 3 is 1.82 bits per heavy atom. The number of hydrogen-bond donors (Lipinski definition) is 4. The summed E-state index contributed by atoms with van der Waals surface area (Å²) in [5, 5.41) is 17.3. The Morgan fingerprint density at radius 2 is 1.36 bits per heavy atom. The molecule has 0 rings (SSSR count). The summed E-state index contributed by atoms with van der Waals surface area (Å²) in [6.07, 6.45) is 0.00437. The largest absolute Gasteiger partial charge is 0.478 e. The fourth-order valence-corrected chi connectivity index (χ4v) is 2.02. The van der Waals surface area contributed by atoms with Crippen LogP contribution in [0.25, 0.3) is 0 Å². The number of carbonyl (C=O) groups excluding carboxylic acids is 3. The molecule has 0 aromatic heterocycles. The molecule has 0 spiro atoms. The van der Waals surface area contributed by atoms with Crippen LogP contribution in [0, 0.1) is 10.8 Å². The molecule has 0 aliphatic heterocycles. The van der Waals surface area contributed by atoms with E-state index in [-0.39, 0.29) is 47.8 Å². The summed E-state index contributed by atoms with van der Waals surface area (Å²) in [6, 6.07) is 0. The van der Waals surface area contributed by atoms with Gasteiger partial charge in [0.05, 0.1) is 0 Å². The highest BCUT2D eigenvalue weighted by Crippen LogP contribution is 2.15. The zero-order valence-corrected chi connectivity index (χ0v) is 18.1. The highest BCUT2D eigenvalue weighted by atomic mass is 16.4. The van der Waals surface area contributed by atoms with E-state index in [2.05, 4.69) is 16.0 Å². The van der Waals surface area contributed by atoms with Crippen LogP contribution in [0.2, 0.25) is 0 Å². The Bertz CT molecular complexity index is 625. The van der Waals surface area contributed by atoms with Crippen LogP contribution in [0.4, 0.5) is 0 Å². The van der Waals surface area contributed by atoms with Crippen LogP contribution in [0.1, 0.15) is 61.3 Å². The standard InChI is InChI=1S/C20H35N3O5/c1-13(17(26)27)14(16(25)23-12-19(2,3)4)8-9-15(24)21-10-11-22-18(28)20(5,6)7/h8-12H2,1-7H3,(H,21,24)(H,22,28)(H,23,25)(H,26,27)/b14-13-. The monoisotopic (exact) mass is 397 g/mol. The van der Waals surface area contributed by atoms with Gasteiger partial charge < -0.3 is 21.1 Å². The summed E-state index contributed by atoms with van der Waals surface area (Å²) < 4.78 is 0. The molecular formula is C20H35N3O5. The molecule has 0 bridgehead atoms. The Balaban J connectivity index is 4.65. The van der Waals surface area contributed by atoms with Gasteiger partial charge in [0.25, 0.3) is 0 Å². The van der Waals surface area contributed by atoms with E-state index in [1.165, 1.54) is 6.92 Å². The second-order valence-electron chi connectivity index (χ2n) is 9.01. The number of carboxylic acid groups (broad SMARTS) is 1. The zero-order valence-electron chi connectivity index (χ0n) is 18.1. The van der Waals surface area contributed by atoms with Crippen LogP contribution in [-0.4, -0.2) is 48.4 Å². The lowest BCUT2D eigenvalue weighted by Gasteiger charge is -2.20. The quantitative estimate of drug-likeness (QED) is 0.347. The van der Waals surface area contributed by atoms with Crippen LogP contribution >= 0.6 is 0 Å². The maximum atomic E-state index is 12.4. The Morgan fingerprint density at radius 1 is 0.821 bits per heavy atom. The van der Waals surface area contributed by atoms with E-state index < -0.39 is 17.3 Å². The van der Waals surface area contributed by atoms with Gasteiger partial charge in [-0.15, -0.1) is 0 Å². The van der Waals surface area contributed by atoms with E-state index in [4.69, 9.17) is 0 Å². The van der Waals surface area contributed by atoms with E-state index in [1.54, 1.807) is 20.8 Å². The van der Waals surface area contributed by atoms with Crippen molar-refractivity contribution >= 4 is 23.7 Å². The fraction of sp³-hybridized carbons (Fsp3) is 0.700. The van der Waals surface area contributed by atoms with Gasteiger partial charge in [0.2, 0.25) is 17.7 Å². The molecular weight excluding hydrogens is 362 g/mol. The van der Waals surface area contributed by atoms with E-state index in [9.17, 15) is 24.3 Å². The summed E-state index contributed by atoms with van der Waals surface area (Å²) in [7, 11) is 0.